The fourth-order valence-electron chi connectivity index (χ4n) is 2.10. The normalized spacial score (nSPS) is 18.0. The first-order valence-corrected chi connectivity index (χ1v) is 6.18. The number of halogens is 1. The molecule has 0 bridgehead atoms. The lowest BCUT2D eigenvalue weighted by molar-refractivity contribution is 0.0410. The van der Waals surface area contributed by atoms with E-state index in [2.05, 4.69) is 0 Å². The van der Waals surface area contributed by atoms with Crippen molar-refractivity contribution in [3.8, 4) is 0 Å². The molecule has 0 aromatic heterocycles. The predicted octanol–water partition coefficient (Wildman–Crippen LogP) is 2.77. The molecule has 1 aromatic rings. The lowest BCUT2D eigenvalue weighted by atomic mass is 10.0. The van der Waals surface area contributed by atoms with E-state index in [1.54, 1.807) is 24.3 Å². The van der Waals surface area contributed by atoms with Crippen molar-refractivity contribution in [2.24, 2.45) is 5.73 Å². The van der Waals surface area contributed by atoms with Gasteiger partial charge in [0.1, 0.15) is 6.61 Å². The number of nitrogens with two attached hydrogens (primary N) is 1. The van der Waals surface area contributed by atoms with Crippen molar-refractivity contribution in [1.82, 2.24) is 0 Å². The van der Waals surface area contributed by atoms with Crippen LogP contribution in [0.15, 0.2) is 24.3 Å². The summed E-state index contributed by atoms with van der Waals surface area (Å²) in [4.78, 5) is 11.7. The quantitative estimate of drug-likeness (QED) is 0.843. The summed E-state index contributed by atoms with van der Waals surface area (Å²) >= 11 is 5.75. The molecule has 0 radical (unpaired) electrons. The molecule has 92 valence electrons. The highest BCUT2D eigenvalue weighted by molar-refractivity contribution is 6.30. The van der Waals surface area contributed by atoms with Crippen LogP contribution in [0.25, 0.3) is 0 Å². The number of carbonyl (C=O) groups excluding carboxylic acids is 1. The summed E-state index contributed by atoms with van der Waals surface area (Å²) < 4.78 is 5.25. The number of benzene rings is 1. The molecule has 0 atom stereocenters. The molecule has 0 heterocycles. The summed E-state index contributed by atoms with van der Waals surface area (Å²) in [6.45, 7) is 0.300. The third kappa shape index (κ3) is 3.20. The van der Waals surface area contributed by atoms with E-state index in [9.17, 15) is 4.79 Å². The van der Waals surface area contributed by atoms with Gasteiger partial charge in [0, 0.05) is 5.02 Å². The summed E-state index contributed by atoms with van der Waals surface area (Å²) in [5.41, 5.74) is 6.30. The molecule has 0 unspecified atom stereocenters. The molecule has 2 rings (SSSR count). The molecule has 1 fully saturated rings. The first kappa shape index (κ1) is 12.4. The highest BCUT2D eigenvalue weighted by Gasteiger charge is 2.30. The number of hydrogen-bond donors (Lipinski definition) is 1. The Morgan fingerprint density at radius 1 is 1.29 bits per heavy atom. The average molecular weight is 254 g/mol. The molecular formula is C13H16ClNO2. The molecule has 1 saturated carbocycles. The van der Waals surface area contributed by atoms with Crippen LogP contribution < -0.4 is 5.73 Å². The highest BCUT2D eigenvalue weighted by Crippen LogP contribution is 2.27. The topological polar surface area (TPSA) is 52.3 Å². The first-order chi connectivity index (χ1) is 8.09. The van der Waals surface area contributed by atoms with Gasteiger partial charge in [-0.2, -0.15) is 0 Å². The molecule has 1 aromatic carbocycles. The Morgan fingerprint density at radius 2 is 1.88 bits per heavy atom. The Kier molecular flexibility index (Phi) is 3.69. The van der Waals surface area contributed by atoms with Gasteiger partial charge in [-0.25, -0.2) is 4.79 Å². The Morgan fingerprint density at radius 3 is 2.47 bits per heavy atom. The summed E-state index contributed by atoms with van der Waals surface area (Å²) in [5, 5.41) is 0.604. The van der Waals surface area contributed by atoms with E-state index in [4.69, 9.17) is 22.1 Å². The lowest BCUT2D eigenvalue weighted by Crippen LogP contribution is -2.42. The summed E-state index contributed by atoms with van der Waals surface area (Å²) in [6, 6.07) is 6.66. The molecule has 1 aliphatic rings. The maximum absolute atomic E-state index is 11.7. The number of ether oxygens (including phenoxy) is 1. The van der Waals surface area contributed by atoms with Crippen LogP contribution in [-0.2, 0) is 4.74 Å². The minimum Gasteiger partial charge on any atom is -0.460 e. The van der Waals surface area contributed by atoms with Crippen molar-refractivity contribution >= 4 is 17.6 Å². The van der Waals surface area contributed by atoms with Gasteiger partial charge >= 0.3 is 5.97 Å². The average Bonchev–Trinajstić information content (AvgIpc) is 2.75. The number of esters is 1. The number of carbonyl (C=O) groups is 1. The Labute approximate surface area is 106 Å². The second-order valence-electron chi connectivity index (χ2n) is 4.65. The molecule has 2 N–H and O–H groups in total. The molecule has 0 aliphatic heterocycles. The SMILES string of the molecule is NC1(COC(=O)c2ccc(Cl)cc2)CCCC1. The van der Waals surface area contributed by atoms with Gasteiger partial charge in [0.25, 0.3) is 0 Å². The minimum absolute atomic E-state index is 0.300. The van der Waals surface area contributed by atoms with Gasteiger partial charge in [-0.1, -0.05) is 24.4 Å². The van der Waals surface area contributed by atoms with Crippen molar-refractivity contribution in [3.05, 3.63) is 34.9 Å². The zero-order valence-electron chi connectivity index (χ0n) is 9.62. The molecular weight excluding hydrogens is 238 g/mol. The van der Waals surface area contributed by atoms with Crippen LogP contribution in [0, 0.1) is 0 Å². The zero-order chi connectivity index (χ0) is 12.3. The Balaban J connectivity index is 1.91. The maximum Gasteiger partial charge on any atom is 0.338 e. The van der Waals surface area contributed by atoms with Crippen LogP contribution in [0.1, 0.15) is 36.0 Å². The lowest BCUT2D eigenvalue weighted by Gasteiger charge is -2.22. The minimum atomic E-state index is -0.335. The van der Waals surface area contributed by atoms with Crippen LogP contribution in [0.5, 0.6) is 0 Å². The standard InChI is InChI=1S/C13H16ClNO2/c14-11-5-3-10(4-6-11)12(16)17-9-13(15)7-1-2-8-13/h3-6H,1-2,7-9,15H2. The van der Waals surface area contributed by atoms with E-state index in [0.717, 1.165) is 25.7 Å². The second-order valence-corrected chi connectivity index (χ2v) is 5.09. The number of hydrogen-bond acceptors (Lipinski definition) is 3. The molecule has 1 aliphatic carbocycles. The maximum atomic E-state index is 11.7. The van der Waals surface area contributed by atoms with E-state index < -0.39 is 0 Å². The van der Waals surface area contributed by atoms with Gasteiger partial charge < -0.3 is 10.5 Å². The molecule has 0 saturated heterocycles. The van der Waals surface area contributed by atoms with Crippen molar-refractivity contribution in [3.63, 3.8) is 0 Å². The fourth-order valence-corrected chi connectivity index (χ4v) is 2.23. The Bertz CT molecular complexity index is 396. The van der Waals surface area contributed by atoms with Gasteiger partial charge in [-0.15, -0.1) is 0 Å². The van der Waals surface area contributed by atoms with Crippen LogP contribution >= 0.6 is 11.6 Å². The van der Waals surface area contributed by atoms with Gasteiger partial charge in [0.2, 0.25) is 0 Å². The summed E-state index contributed by atoms with van der Waals surface area (Å²) in [7, 11) is 0. The molecule has 0 spiro atoms. The molecule has 17 heavy (non-hydrogen) atoms. The Hall–Kier alpha value is -1.06. The summed E-state index contributed by atoms with van der Waals surface area (Å²) in [5.74, 6) is -0.335. The van der Waals surface area contributed by atoms with Gasteiger partial charge in [-0.3, -0.25) is 0 Å². The van der Waals surface area contributed by atoms with E-state index in [1.807, 2.05) is 0 Å². The fraction of sp³-hybridized carbons (Fsp3) is 0.462. The van der Waals surface area contributed by atoms with E-state index in [0.29, 0.717) is 17.2 Å². The van der Waals surface area contributed by atoms with Gasteiger partial charge in [0.15, 0.2) is 0 Å². The summed E-state index contributed by atoms with van der Waals surface area (Å²) in [6.07, 6.45) is 4.10. The van der Waals surface area contributed by atoms with Crippen molar-refractivity contribution < 1.29 is 9.53 Å². The zero-order valence-corrected chi connectivity index (χ0v) is 10.4. The largest absolute Gasteiger partial charge is 0.460 e. The van der Waals surface area contributed by atoms with E-state index >= 15 is 0 Å². The third-order valence-corrected chi connectivity index (χ3v) is 3.42. The van der Waals surface area contributed by atoms with Crippen molar-refractivity contribution in [2.75, 3.05) is 6.61 Å². The molecule has 3 nitrogen and oxygen atoms in total. The van der Waals surface area contributed by atoms with E-state index in [1.165, 1.54) is 0 Å². The highest BCUT2D eigenvalue weighted by atomic mass is 35.5. The predicted molar refractivity (Wildman–Crippen MR) is 67.1 cm³/mol. The van der Waals surface area contributed by atoms with E-state index in [-0.39, 0.29) is 11.5 Å². The smallest absolute Gasteiger partial charge is 0.338 e. The third-order valence-electron chi connectivity index (χ3n) is 3.17. The molecule has 4 heteroatoms. The second kappa shape index (κ2) is 5.07. The van der Waals surface area contributed by atoms with Crippen LogP contribution in [0.3, 0.4) is 0 Å². The van der Waals surface area contributed by atoms with Crippen molar-refractivity contribution in [2.45, 2.75) is 31.2 Å². The van der Waals surface area contributed by atoms with Crippen LogP contribution in [0.4, 0.5) is 0 Å². The monoisotopic (exact) mass is 253 g/mol. The van der Waals surface area contributed by atoms with Gasteiger partial charge in [-0.05, 0) is 37.1 Å². The van der Waals surface area contributed by atoms with Crippen molar-refractivity contribution in [1.29, 1.82) is 0 Å². The molecule has 0 amide bonds. The van der Waals surface area contributed by atoms with Gasteiger partial charge in [0.05, 0.1) is 11.1 Å². The van der Waals surface area contributed by atoms with Crippen LogP contribution in [0.2, 0.25) is 5.02 Å². The first-order valence-electron chi connectivity index (χ1n) is 5.81. The van der Waals surface area contributed by atoms with Crippen LogP contribution in [-0.4, -0.2) is 18.1 Å². The number of rotatable bonds is 3.